The van der Waals surface area contributed by atoms with E-state index in [4.69, 9.17) is 9.47 Å². The van der Waals surface area contributed by atoms with Crippen LogP contribution in [0.1, 0.15) is 30.0 Å². The summed E-state index contributed by atoms with van der Waals surface area (Å²) < 4.78 is 24.5. The quantitative estimate of drug-likeness (QED) is 0.779. The largest absolute Gasteiger partial charge is 0.497 e. The molecule has 1 aliphatic heterocycles. The van der Waals surface area contributed by atoms with Crippen molar-refractivity contribution in [3.63, 3.8) is 0 Å². The molecule has 1 fully saturated rings. The second-order valence-electron chi connectivity index (χ2n) is 6.76. The summed E-state index contributed by atoms with van der Waals surface area (Å²) in [6.07, 6.45) is 2.05. The molecule has 2 N–H and O–H groups in total. The minimum atomic E-state index is -0.299. The van der Waals surface area contributed by atoms with Gasteiger partial charge in [0.25, 0.3) is 5.91 Å². The molecule has 1 saturated heterocycles. The summed E-state index contributed by atoms with van der Waals surface area (Å²) in [5.41, 5.74) is 1.59. The summed E-state index contributed by atoms with van der Waals surface area (Å²) >= 11 is 0. The molecule has 1 heterocycles. The molecule has 6 heteroatoms. The van der Waals surface area contributed by atoms with Gasteiger partial charge in [-0.1, -0.05) is 18.2 Å². The zero-order valence-electron chi connectivity index (χ0n) is 15.8. The van der Waals surface area contributed by atoms with Gasteiger partial charge in [0, 0.05) is 31.0 Å². The van der Waals surface area contributed by atoms with Crippen molar-refractivity contribution in [2.75, 3.05) is 27.3 Å². The molecule has 3 rings (SSSR count). The van der Waals surface area contributed by atoms with Gasteiger partial charge in [-0.2, -0.15) is 0 Å². The second-order valence-corrected chi connectivity index (χ2v) is 6.76. The Morgan fingerprint density at radius 1 is 1.22 bits per heavy atom. The zero-order valence-corrected chi connectivity index (χ0v) is 15.8. The molecule has 27 heavy (non-hydrogen) atoms. The summed E-state index contributed by atoms with van der Waals surface area (Å²) in [6, 6.07) is 12.5. The number of carbonyl (C=O) groups is 1. The number of ether oxygens (including phenoxy) is 2. The van der Waals surface area contributed by atoms with Crippen LogP contribution in [0.15, 0.2) is 42.5 Å². The first kappa shape index (κ1) is 19.2. The van der Waals surface area contributed by atoms with E-state index in [1.165, 1.54) is 11.0 Å². The lowest BCUT2D eigenvalue weighted by molar-refractivity contribution is -0.910. The van der Waals surface area contributed by atoms with Crippen molar-refractivity contribution in [2.24, 2.45) is 0 Å². The number of halogens is 1. The van der Waals surface area contributed by atoms with Gasteiger partial charge >= 0.3 is 0 Å². The van der Waals surface area contributed by atoms with Crippen LogP contribution in [-0.4, -0.2) is 33.2 Å². The summed E-state index contributed by atoms with van der Waals surface area (Å²) in [7, 11) is 3.27. The number of benzene rings is 2. The van der Waals surface area contributed by atoms with Gasteiger partial charge in [0.1, 0.15) is 23.4 Å². The fraction of sp³-hybridized carbons (Fsp3) is 0.381. The first-order chi connectivity index (χ1) is 13.1. The third kappa shape index (κ3) is 4.57. The second kappa shape index (κ2) is 8.86. The van der Waals surface area contributed by atoms with E-state index in [9.17, 15) is 9.18 Å². The molecule has 0 bridgehead atoms. The van der Waals surface area contributed by atoms with Crippen molar-refractivity contribution in [2.45, 2.75) is 25.4 Å². The standard InChI is InChI=1S/C21H25FN2O3/c1-26-16-9-10-17(20(12-16)27-2)19-8-5-11-24(19)14-21(25)23-13-15-6-3-4-7-18(15)22/h3-4,6-7,9-10,12,19H,5,8,11,13-14H2,1-2H3,(H,23,25)/p+1/t19-/m1/s1. The smallest absolute Gasteiger partial charge is 0.275 e. The van der Waals surface area contributed by atoms with Crippen LogP contribution in [0.3, 0.4) is 0 Å². The number of amides is 1. The number of carbonyl (C=O) groups excluding carboxylic acids is 1. The van der Waals surface area contributed by atoms with Crippen molar-refractivity contribution in [1.82, 2.24) is 5.32 Å². The number of hydrogen-bond acceptors (Lipinski definition) is 3. The molecular formula is C21H26FN2O3+. The Balaban J connectivity index is 1.64. The molecule has 1 amide bonds. The molecule has 0 spiro atoms. The predicted molar refractivity (Wildman–Crippen MR) is 100 cm³/mol. The number of rotatable bonds is 7. The van der Waals surface area contributed by atoms with Crippen molar-refractivity contribution >= 4 is 5.91 Å². The SMILES string of the molecule is COc1ccc([C@H]2CCC[NH+]2CC(=O)NCc2ccccc2F)c(OC)c1. The van der Waals surface area contributed by atoms with E-state index in [0.717, 1.165) is 36.4 Å². The lowest BCUT2D eigenvalue weighted by Gasteiger charge is -2.23. The van der Waals surface area contributed by atoms with E-state index in [1.54, 1.807) is 32.4 Å². The highest BCUT2D eigenvalue weighted by molar-refractivity contribution is 5.76. The summed E-state index contributed by atoms with van der Waals surface area (Å²) in [4.78, 5) is 13.6. The Labute approximate surface area is 159 Å². The average molecular weight is 373 g/mol. The van der Waals surface area contributed by atoms with Crippen LogP contribution >= 0.6 is 0 Å². The Morgan fingerprint density at radius 3 is 2.78 bits per heavy atom. The normalized spacial score (nSPS) is 18.9. The molecule has 1 aliphatic rings. The Hall–Kier alpha value is -2.60. The molecule has 2 aromatic rings. The summed E-state index contributed by atoms with van der Waals surface area (Å²) in [5.74, 6) is 1.16. The van der Waals surface area contributed by atoms with E-state index in [2.05, 4.69) is 5.32 Å². The molecule has 1 unspecified atom stereocenters. The molecule has 144 valence electrons. The van der Waals surface area contributed by atoms with Crippen molar-refractivity contribution in [3.05, 3.63) is 59.4 Å². The van der Waals surface area contributed by atoms with Gasteiger partial charge in [-0.15, -0.1) is 0 Å². The maximum atomic E-state index is 13.7. The average Bonchev–Trinajstić information content (AvgIpc) is 3.14. The first-order valence-corrected chi connectivity index (χ1v) is 9.19. The number of quaternary nitrogens is 1. The van der Waals surface area contributed by atoms with Gasteiger partial charge in [-0.25, -0.2) is 4.39 Å². The topological polar surface area (TPSA) is 52.0 Å². The van der Waals surface area contributed by atoms with Gasteiger partial charge in [0.2, 0.25) is 0 Å². The zero-order chi connectivity index (χ0) is 19.2. The van der Waals surface area contributed by atoms with Crippen LogP contribution in [0.4, 0.5) is 4.39 Å². The fourth-order valence-corrected chi connectivity index (χ4v) is 3.71. The highest BCUT2D eigenvalue weighted by Gasteiger charge is 2.33. The van der Waals surface area contributed by atoms with Gasteiger partial charge < -0.3 is 19.7 Å². The maximum absolute atomic E-state index is 13.7. The number of likely N-dealkylation sites (tertiary alicyclic amines) is 1. The minimum Gasteiger partial charge on any atom is -0.497 e. The van der Waals surface area contributed by atoms with E-state index in [1.807, 2.05) is 18.2 Å². The first-order valence-electron chi connectivity index (χ1n) is 9.19. The van der Waals surface area contributed by atoms with Crippen LogP contribution in [0.5, 0.6) is 11.5 Å². The Kier molecular flexibility index (Phi) is 6.29. The van der Waals surface area contributed by atoms with E-state index < -0.39 is 0 Å². The monoisotopic (exact) mass is 373 g/mol. The molecule has 0 radical (unpaired) electrons. The Bertz CT molecular complexity index is 797. The van der Waals surface area contributed by atoms with Crippen molar-refractivity contribution < 1.29 is 23.6 Å². The van der Waals surface area contributed by atoms with Gasteiger partial charge in [-0.3, -0.25) is 4.79 Å². The number of nitrogens with one attached hydrogen (secondary N) is 2. The van der Waals surface area contributed by atoms with E-state index in [-0.39, 0.29) is 24.3 Å². The molecule has 2 aromatic carbocycles. The lowest BCUT2D eigenvalue weighted by Crippen LogP contribution is -3.11. The van der Waals surface area contributed by atoms with E-state index in [0.29, 0.717) is 12.1 Å². The highest BCUT2D eigenvalue weighted by Crippen LogP contribution is 2.31. The molecule has 2 atom stereocenters. The van der Waals surface area contributed by atoms with Crippen LogP contribution in [-0.2, 0) is 11.3 Å². The van der Waals surface area contributed by atoms with Crippen LogP contribution < -0.4 is 19.7 Å². The predicted octanol–water partition coefficient (Wildman–Crippen LogP) is 1.88. The van der Waals surface area contributed by atoms with Crippen molar-refractivity contribution in [1.29, 1.82) is 0 Å². The van der Waals surface area contributed by atoms with Crippen LogP contribution in [0.2, 0.25) is 0 Å². The fourth-order valence-electron chi connectivity index (χ4n) is 3.71. The number of hydrogen-bond donors (Lipinski definition) is 2. The van der Waals surface area contributed by atoms with Gasteiger partial charge in [0.15, 0.2) is 6.54 Å². The molecule has 0 saturated carbocycles. The number of methoxy groups -OCH3 is 2. The summed E-state index contributed by atoms with van der Waals surface area (Å²) in [5, 5.41) is 2.83. The lowest BCUT2D eigenvalue weighted by atomic mass is 10.0. The maximum Gasteiger partial charge on any atom is 0.275 e. The highest BCUT2D eigenvalue weighted by atomic mass is 19.1. The van der Waals surface area contributed by atoms with Gasteiger partial charge in [0.05, 0.1) is 26.3 Å². The molecular weight excluding hydrogens is 347 g/mol. The summed E-state index contributed by atoms with van der Waals surface area (Å²) in [6.45, 7) is 1.48. The molecule has 0 aliphatic carbocycles. The van der Waals surface area contributed by atoms with E-state index >= 15 is 0 Å². The third-order valence-corrected chi connectivity index (χ3v) is 5.12. The van der Waals surface area contributed by atoms with Crippen LogP contribution in [0, 0.1) is 5.82 Å². The minimum absolute atomic E-state index is 0.0763. The Morgan fingerprint density at radius 2 is 2.04 bits per heavy atom. The van der Waals surface area contributed by atoms with Crippen LogP contribution in [0.25, 0.3) is 0 Å². The molecule has 0 aromatic heterocycles. The van der Waals surface area contributed by atoms with Gasteiger partial charge in [-0.05, 0) is 18.2 Å². The third-order valence-electron chi connectivity index (χ3n) is 5.12. The van der Waals surface area contributed by atoms with Crippen molar-refractivity contribution in [3.8, 4) is 11.5 Å². The molecule has 5 nitrogen and oxygen atoms in total.